The van der Waals surface area contributed by atoms with Gasteiger partial charge in [0, 0.05) is 26.3 Å². The molecule has 3 rings (SSSR count). The molecule has 23 heavy (non-hydrogen) atoms. The molecule has 1 unspecified atom stereocenters. The summed E-state index contributed by atoms with van der Waals surface area (Å²) in [6, 6.07) is 5.96. The number of anilines is 1. The molecule has 1 aliphatic rings. The molecular formula is C17H22N4O2. The van der Waals surface area contributed by atoms with Gasteiger partial charge in [0.2, 0.25) is 5.91 Å². The number of benzene rings is 1. The van der Waals surface area contributed by atoms with Gasteiger partial charge in [0.05, 0.1) is 25.0 Å². The van der Waals surface area contributed by atoms with Gasteiger partial charge in [-0.3, -0.25) is 9.48 Å². The van der Waals surface area contributed by atoms with E-state index in [4.69, 9.17) is 4.74 Å². The van der Waals surface area contributed by atoms with Gasteiger partial charge in [-0.15, -0.1) is 0 Å². The minimum Gasteiger partial charge on any atom is -0.496 e. The van der Waals surface area contributed by atoms with Crippen molar-refractivity contribution in [2.75, 3.05) is 18.6 Å². The number of hydrogen-bond donors (Lipinski definition) is 1. The Morgan fingerprint density at radius 2 is 2.26 bits per heavy atom. The molecule has 0 aliphatic carbocycles. The third-order valence-electron chi connectivity index (χ3n) is 4.23. The van der Waals surface area contributed by atoms with E-state index < -0.39 is 0 Å². The maximum absolute atomic E-state index is 12.5. The highest BCUT2D eigenvalue weighted by molar-refractivity contribution is 5.99. The van der Waals surface area contributed by atoms with Crippen molar-refractivity contribution in [2.24, 2.45) is 7.05 Å². The maximum atomic E-state index is 12.5. The largest absolute Gasteiger partial charge is 0.496 e. The molecule has 1 saturated heterocycles. The summed E-state index contributed by atoms with van der Waals surface area (Å²) < 4.78 is 7.05. The Labute approximate surface area is 136 Å². The lowest BCUT2D eigenvalue weighted by Gasteiger charge is -2.15. The lowest BCUT2D eigenvalue weighted by Crippen LogP contribution is -2.37. The number of hydrogen-bond acceptors (Lipinski definition) is 4. The van der Waals surface area contributed by atoms with Crippen LogP contribution < -0.4 is 15.0 Å². The zero-order valence-electron chi connectivity index (χ0n) is 13.7. The molecule has 1 aromatic carbocycles. The molecule has 6 nitrogen and oxygen atoms in total. The summed E-state index contributed by atoms with van der Waals surface area (Å²) in [5.41, 5.74) is 3.08. The lowest BCUT2D eigenvalue weighted by atomic mass is 10.1. The molecule has 1 fully saturated rings. The first-order valence-corrected chi connectivity index (χ1v) is 7.75. The Kier molecular flexibility index (Phi) is 4.34. The van der Waals surface area contributed by atoms with Crippen molar-refractivity contribution >= 4 is 11.6 Å². The Balaban J connectivity index is 1.62. The topological polar surface area (TPSA) is 59.4 Å². The Morgan fingerprint density at radius 1 is 1.43 bits per heavy atom. The van der Waals surface area contributed by atoms with Gasteiger partial charge in [-0.05, 0) is 30.5 Å². The highest BCUT2D eigenvalue weighted by Gasteiger charge is 2.32. The molecule has 1 aliphatic heterocycles. The van der Waals surface area contributed by atoms with Crippen LogP contribution in [0.2, 0.25) is 0 Å². The van der Waals surface area contributed by atoms with Crippen molar-refractivity contribution in [3.8, 4) is 5.75 Å². The van der Waals surface area contributed by atoms with E-state index in [0.29, 0.717) is 6.54 Å². The van der Waals surface area contributed by atoms with Crippen LogP contribution in [-0.4, -0.2) is 35.4 Å². The van der Waals surface area contributed by atoms with Crippen molar-refractivity contribution in [2.45, 2.75) is 25.9 Å². The zero-order valence-corrected chi connectivity index (χ0v) is 13.7. The molecule has 1 amide bonds. The van der Waals surface area contributed by atoms with Crippen molar-refractivity contribution in [1.29, 1.82) is 0 Å². The van der Waals surface area contributed by atoms with Crippen LogP contribution in [0.25, 0.3) is 0 Å². The number of ether oxygens (including phenoxy) is 1. The van der Waals surface area contributed by atoms with Crippen LogP contribution in [0.4, 0.5) is 5.69 Å². The highest BCUT2D eigenvalue weighted by Crippen LogP contribution is 2.22. The molecule has 6 heteroatoms. The monoisotopic (exact) mass is 314 g/mol. The van der Waals surface area contributed by atoms with Gasteiger partial charge in [-0.25, -0.2) is 0 Å². The first-order chi connectivity index (χ1) is 11.1. The van der Waals surface area contributed by atoms with Gasteiger partial charge < -0.3 is 15.0 Å². The van der Waals surface area contributed by atoms with Gasteiger partial charge in [0.1, 0.15) is 5.75 Å². The minimum absolute atomic E-state index is 0.108. The van der Waals surface area contributed by atoms with Gasteiger partial charge in [0.25, 0.3) is 0 Å². The predicted molar refractivity (Wildman–Crippen MR) is 88.5 cm³/mol. The van der Waals surface area contributed by atoms with Gasteiger partial charge in [-0.2, -0.15) is 5.10 Å². The summed E-state index contributed by atoms with van der Waals surface area (Å²) >= 11 is 0. The van der Waals surface area contributed by atoms with E-state index in [1.165, 1.54) is 0 Å². The molecule has 122 valence electrons. The van der Waals surface area contributed by atoms with Crippen molar-refractivity contribution in [3.05, 3.63) is 41.7 Å². The van der Waals surface area contributed by atoms with Crippen molar-refractivity contribution in [1.82, 2.24) is 15.1 Å². The standard InChI is InChI=1S/C17H22N4O2/c1-12-4-5-13(8-16(12)23-3)9-18-15-6-7-21(17(15)22)14-10-19-20(2)11-14/h4-5,8,10-11,15,18H,6-7,9H2,1-3H3. The van der Waals surface area contributed by atoms with Gasteiger partial charge >= 0.3 is 0 Å². The molecular weight excluding hydrogens is 292 g/mol. The summed E-state index contributed by atoms with van der Waals surface area (Å²) in [6.45, 7) is 3.38. The first kappa shape index (κ1) is 15.6. The summed E-state index contributed by atoms with van der Waals surface area (Å²) in [7, 11) is 3.52. The average Bonchev–Trinajstić information content (AvgIpc) is 3.12. The van der Waals surface area contributed by atoms with Crippen LogP contribution in [0.15, 0.2) is 30.6 Å². The third kappa shape index (κ3) is 3.22. The smallest absolute Gasteiger partial charge is 0.244 e. The number of aryl methyl sites for hydroxylation is 2. The molecule has 1 N–H and O–H groups in total. The number of methoxy groups -OCH3 is 1. The Hall–Kier alpha value is -2.34. The second-order valence-corrected chi connectivity index (χ2v) is 5.89. The summed E-state index contributed by atoms with van der Waals surface area (Å²) in [5, 5.41) is 7.48. The van der Waals surface area contributed by atoms with Crippen LogP contribution in [0.1, 0.15) is 17.5 Å². The molecule has 1 atom stereocenters. The van der Waals surface area contributed by atoms with Crippen molar-refractivity contribution in [3.63, 3.8) is 0 Å². The first-order valence-electron chi connectivity index (χ1n) is 7.75. The molecule has 0 radical (unpaired) electrons. The minimum atomic E-state index is -0.150. The fraction of sp³-hybridized carbons (Fsp3) is 0.412. The summed E-state index contributed by atoms with van der Waals surface area (Å²) in [4.78, 5) is 14.3. The fourth-order valence-electron chi connectivity index (χ4n) is 2.89. The second kappa shape index (κ2) is 6.42. The predicted octanol–water partition coefficient (Wildman–Crippen LogP) is 1.63. The number of nitrogens with zero attached hydrogens (tertiary/aromatic N) is 3. The van der Waals surface area contributed by atoms with Crippen LogP contribution in [0, 0.1) is 6.92 Å². The number of amides is 1. The number of rotatable bonds is 5. The average molecular weight is 314 g/mol. The number of carbonyl (C=O) groups is 1. The van der Waals surface area contributed by atoms with Crippen LogP contribution in [0.3, 0.4) is 0 Å². The number of aromatic nitrogens is 2. The summed E-state index contributed by atoms with van der Waals surface area (Å²) in [5.74, 6) is 0.983. The van der Waals surface area contributed by atoms with E-state index >= 15 is 0 Å². The van der Waals surface area contributed by atoms with E-state index in [1.807, 2.05) is 32.3 Å². The quantitative estimate of drug-likeness (QED) is 0.911. The molecule has 0 bridgehead atoms. The van der Waals surface area contributed by atoms with Crippen LogP contribution in [0.5, 0.6) is 5.75 Å². The van der Waals surface area contributed by atoms with Crippen molar-refractivity contribution < 1.29 is 9.53 Å². The number of nitrogens with one attached hydrogen (secondary N) is 1. The van der Waals surface area contributed by atoms with E-state index in [2.05, 4.69) is 16.5 Å². The Morgan fingerprint density at radius 3 is 2.96 bits per heavy atom. The highest BCUT2D eigenvalue weighted by atomic mass is 16.5. The third-order valence-corrected chi connectivity index (χ3v) is 4.23. The van der Waals surface area contributed by atoms with E-state index in [9.17, 15) is 4.79 Å². The molecule has 0 saturated carbocycles. The molecule has 2 aromatic rings. The fourth-order valence-corrected chi connectivity index (χ4v) is 2.89. The normalized spacial score (nSPS) is 17.8. The van der Waals surface area contributed by atoms with Gasteiger partial charge in [-0.1, -0.05) is 12.1 Å². The lowest BCUT2D eigenvalue weighted by molar-refractivity contribution is -0.118. The zero-order chi connectivity index (χ0) is 16.4. The summed E-state index contributed by atoms with van der Waals surface area (Å²) in [6.07, 6.45) is 4.40. The van der Waals surface area contributed by atoms with E-state index in [0.717, 1.165) is 35.5 Å². The second-order valence-electron chi connectivity index (χ2n) is 5.89. The SMILES string of the molecule is COc1cc(CNC2CCN(c3cnn(C)c3)C2=O)ccc1C. The Bertz CT molecular complexity index is 710. The van der Waals surface area contributed by atoms with E-state index in [1.54, 1.807) is 22.9 Å². The molecule has 1 aromatic heterocycles. The van der Waals surface area contributed by atoms with Gasteiger partial charge in [0.15, 0.2) is 0 Å². The number of carbonyl (C=O) groups excluding carboxylic acids is 1. The van der Waals surface area contributed by atoms with E-state index in [-0.39, 0.29) is 11.9 Å². The maximum Gasteiger partial charge on any atom is 0.244 e. The van der Waals surface area contributed by atoms with Crippen LogP contribution >= 0.6 is 0 Å². The molecule has 2 heterocycles. The molecule has 0 spiro atoms. The van der Waals surface area contributed by atoms with Crippen LogP contribution in [-0.2, 0) is 18.4 Å².